The number of hydrogen-bond donors (Lipinski definition) is 2. The Morgan fingerprint density at radius 1 is 1.24 bits per heavy atom. The average molecular weight is 407 g/mol. The molecule has 1 fully saturated rings. The van der Waals surface area contributed by atoms with Gasteiger partial charge in [-0.2, -0.15) is 0 Å². The smallest absolute Gasteiger partial charge is 0.194 e. The summed E-state index contributed by atoms with van der Waals surface area (Å²) in [5.74, 6) is 2.80. The quantitative estimate of drug-likeness (QED) is 0.459. The van der Waals surface area contributed by atoms with Crippen molar-refractivity contribution in [2.24, 2.45) is 10.9 Å². The number of methoxy groups -OCH3 is 2. The molecule has 1 heterocycles. The number of rotatable bonds is 10. The molecule has 7 nitrogen and oxygen atoms in total. The van der Waals surface area contributed by atoms with Crippen LogP contribution in [0, 0.1) is 5.92 Å². The largest absolute Gasteiger partial charge is 0.493 e. The Labute approximate surface area is 175 Å². The maximum Gasteiger partial charge on any atom is 0.194 e. The highest BCUT2D eigenvalue weighted by atomic mass is 16.5. The van der Waals surface area contributed by atoms with E-state index in [4.69, 9.17) is 14.5 Å². The standard InChI is InChI=1S/C22H38N4O3/c1-6-23-22(26-12-11-17(16-26)15-25(7-2)8-3)24-14-19(27)18-9-10-20(28-4)21(13-18)29-5/h9-10,13,17,19,27H,6-8,11-12,14-16H2,1-5H3,(H,23,24). The Morgan fingerprint density at radius 3 is 2.59 bits per heavy atom. The molecule has 0 radical (unpaired) electrons. The molecule has 0 amide bonds. The summed E-state index contributed by atoms with van der Waals surface area (Å²) in [6.45, 7) is 13.0. The third kappa shape index (κ3) is 6.51. The monoisotopic (exact) mass is 406 g/mol. The number of aliphatic hydroxyl groups is 1. The van der Waals surface area contributed by atoms with E-state index in [0.29, 0.717) is 24.0 Å². The van der Waals surface area contributed by atoms with E-state index in [-0.39, 0.29) is 0 Å². The fourth-order valence-corrected chi connectivity index (χ4v) is 3.79. The Hall–Kier alpha value is -1.99. The van der Waals surface area contributed by atoms with Gasteiger partial charge in [-0.1, -0.05) is 19.9 Å². The fraction of sp³-hybridized carbons (Fsp3) is 0.682. The number of likely N-dealkylation sites (tertiary alicyclic amines) is 1. The Bertz CT molecular complexity index is 649. The van der Waals surface area contributed by atoms with Gasteiger partial charge in [0.05, 0.1) is 26.9 Å². The molecule has 1 aromatic rings. The van der Waals surface area contributed by atoms with Crippen molar-refractivity contribution >= 4 is 5.96 Å². The summed E-state index contributed by atoms with van der Waals surface area (Å²) in [5.41, 5.74) is 0.767. The first-order valence-electron chi connectivity index (χ1n) is 10.7. The van der Waals surface area contributed by atoms with E-state index in [0.717, 1.165) is 50.8 Å². The predicted octanol–water partition coefficient (Wildman–Crippen LogP) is 2.37. The van der Waals surface area contributed by atoms with Crippen molar-refractivity contribution in [3.05, 3.63) is 23.8 Å². The van der Waals surface area contributed by atoms with Gasteiger partial charge < -0.3 is 29.7 Å². The number of aliphatic imine (C=N–C) groups is 1. The second-order valence-corrected chi connectivity index (χ2v) is 7.41. The van der Waals surface area contributed by atoms with Crippen LogP contribution in [-0.4, -0.2) is 80.9 Å². The van der Waals surface area contributed by atoms with Gasteiger partial charge >= 0.3 is 0 Å². The number of ether oxygens (including phenoxy) is 2. The van der Waals surface area contributed by atoms with Crippen LogP contribution in [0.2, 0.25) is 0 Å². The minimum Gasteiger partial charge on any atom is -0.493 e. The molecule has 1 aromatic carbocycles. The van der Waals surface area contributed by atoms with Crippen LogP contribution in [0.15, 0.2) is 23.2 Å². The van der Waals surface area contributed by atoms with Crippen molar-refractivity contribution in [2.45, 2.75) is 33.3 Å². The average Bonchev–Trinajstić information content (AvgIpc) is 3.22. The molecule has 2 unspecified atom stereocenters. The summed E-state index contributed by atoms with van der Waals surface area (Å²) < 4.78 is 10.6. The number of nitrogens with one attached hydrogen (secondary N) is 1. The van der Waals surface area contributed by atoms with Crippen LogP contribution in [0.3, 0.4) is 0 Å². The highest BCUT2D eigenvalue weighted by Crippen LogP contribution is 2.30. The second-order valence-electron chi connectivity index (χ2n) is 7.41. The van der Waals surface area contributed by atoms with E-state index in [2.05, 4.69) is 35.9 Å². The van der Waals surface area contributed by atoms with Crippen molar-refractivity contribution in [3.63, 3.8) is 0 Å². The minimum atomic E-state index is -0.697. The molecule has 0 saturated carbocycles. The zero-order valence-corrected chi connectivity index (χ0v) is 18.6. The molecule has 2 N–H and O–H groups in total. The third-order valence-electron chi connectivity index (χ3n) is 5.54. The molecule has 164 valence electrons. The normalized spacial score (nSPS) is 18.2. The van der Waals surface area contributed by atoms with Crippen LogP contribution < -0.4 is 14.8 Å². The van der Waals surface area contributed by atoms with Gasteiger partial charge in [0.1, 0.15) is 0 Å². The van der Waals surface area contributed by atoms with Crippen LogP contribution in [0.5, 0.6) is 11.5 Å². The van der Waals surface area contributed by atoms with Gasteiger partial charge in [0.2, 0.25) is 0 Å². The summed E-state index contributed by atoms with van der Waals surface area (Å²) in [4.78, 5) is 9.52. The van der Waals surface area contributed by atoms with E-state index in [9.17, 15) is 5.11 Å². The van der Waals surface area contributed by atoms with Crippen molar-refractivity contribution < 1.29 is 14.6 Å². The van der Waals surface area contributed by atoms with Crippen molar-refractivity contribution in [2.75, 3.05) is 60.0 Å². The number of benzene rings is 1. The maximum absolute atomic E-state index is 10.6. The number of hydrogen-bond acceptors (Lipinski definition) is 5. The van der Waals surface area contributed by atoms with Crippen LogP contribution >= 0.6 is 0 Å². The molecule has 0 aliphatic carbocycles. The third-order valence-corrected chi connectivity index (χ3v) is 5.54. The first kappa shape index (κ1) is 23.3. The van der Waals surface area contributed by atoms with Gasteiger partial charge in [-0.05, 0) is 50.0 Å². The number of aliphatic hydroxyl groups excluding tert-OH is 1. The highest BCUT2D eigenvalue weighted by molar-refractivity contribution is 5.80. The Kier molecular flexibility index (Phi) is 9.54. The molecular formula is C22H38N4O3. The van der Waals surface area contributed by atoms with Crippen molar-refractivity contribution in [1.29, 1.82) is 0 Å². The van der Waals surface area contributed by atoms with Gasteiger partial charge in [0.25, 0.3) is 0 Å². The van der Waals surface area contributed by atoms with Gasteiger partial charge in [0.15, 0.2) is 17.5 Å². The topological polar surface area (TPSA) is 69.6 Å². The highest BCUT2D eigenvalue weighted by Gasteiger charge is 2.26. The predicted molar refractivity (Wildman–Crippen MR) is 118 cm³/mol. The lowest BCUT2D eigenvalue weighted by Crippen LogP contribution is -2.41. The minimum absolute atomic E-state index is 0.301. The molecule has 2 rings (SSSR count). The molecular weight excluding hydrogens is 368 g/mol. The molecule has 1 saturated heterocycles. The van der Waals surface area contributed by atoms with Gasteiger partial charge in [0, 0.05) is 26.2 Å². The van der Waals surface area contributed by atoms with Crippen molar-refractivity contribution in [3.8, 4) is 11.5 Å². The number of guanidine groups is 1. The first-order valence-corrected chi connectivity index (χ1v) is 10.7. The summed E-state index contributed by atoms with van der Waals surface area (Å²) in [6, 6.07) is 5.47. The van der Waals surface area contributed by atoms with Crippen LogP contribution in [0.4, 0.5) is 0 Å². The Balaban J connectivity index is 2.01. The summed E-state index contributed by atoms with van der Waals surface area (Å²) in [6.07, 6.45) is 0.483. The van der Waals surface area contributed by atoms with Gasteiger partial charge in [-0.3, -0.25) is 4.99 Å². The summed E-state index contributed by atoms with van der Waals surface area (Å²) in [7, 11) is 3.20. The molecule has 7 heteroatoms. The van der Waals surface area contributed by atoms with E-state index in [1.807, 2.05) is 18.2 Å². The molecule has 0 spiro atoms. The SMILES string of the molecule is CCNC(=NCC(O)c1ccc(OC)c(OC)c1)N1CCC(CN(CC)CC)C1. The lowest BCUT2D eigenvalue weighted by molar-refractivity contribution is 0.186. The van der Waals surface area contributed by atoms with E-state index >= 15 is 0 Å². The van der Waals surface area contributed by atoms with E-state index in [1.54, 1.807) is 14.2 Å². The van der Waals surface area contributed by atoms with Crippen LogP contribution in [0.25, 0.3) is 0 Å². The van der Waals surface area contributed by atoms with Gasteiger partial charge in [-0.25, -0.2) is 0 Å². The zero-order valence-electron chi connectivity index (χ0n) is 18.6. The summed E-state index contributed by atoms with van der Waals surface area (Å²) >= 11 is 0. The lowest BCUT2D eigenvalue weighted by atomic mass is 10.1. The van der Waals surface area contributed by atoms with Gasteiger partial charge in [-0.15, -0.1) is 0 Å². The van der Waals surface area contributed by atoms with E-state index in [1.165, 1.54) is 6.42 Å². The first-order chi connectivity index (χ1) is 14.1. The van der Waals surface area contributed by atoms with E-state index < -0.39 is 6.10 Å². The fourth-order valence-electron chi connectivity index (χ4n) is 3.79. The Morgan fingerprint density at radius 2 is 1.97 bits per heavy atom. The molecule has 1 aliphatic rings. The zero-order chi connectivity index (χ0) is 21.2. The molecule has 29 heavy (non-hydrogen) atoms. The molecule has 1 aliphatic heterocycles. The second kappa shape index (κ2) is 11.9. The molecule has 0 aromatic heterocycles. The lowest BCUT2D eigenvalue weighted by Gasteiger charge is -2.24. The van der Waals surface area contributed by atoms with Crippen LogP contribution in [-0.2, 0) is 0 Å². The number of nitrogens with zero attached hydrogens (tertiary/aromatic N) is 3. The van der Waals surface area contributed by atoms with Crippen molar-refractivity contribution in [1.82, 2.24) is 15.1 Å². The molecule has 2 atom stereocenters. The molecule has 0 bridgehead atoms. The maximum atomic E-state index is 10.6. The van der Waals surface area contributed by atoms with Crippen LogP contribution in [0.1, 0.15) is 38.9 Å². The summed E-state index contributed by atoms with van der Waals surface area (Å²) in [5, 5.41) is 14.0.